The molecule has 1 heterocycles. The predicted molar refractivity (Wildman–Crippen MR) is 74.2 cm³/mol. The summed E-state index contributed by atoms with van der Waals surface area (Å²) in [5.74, 6) is -1.43. The first-order chi connectivity index (χ1) is 9.93. The van der Waals surface area contributed by atoms with Crippen LogP contribution in [0, 0.1) is 11.3 Å². The van der Waals surface area contributed by atoms with Gasteiger partial charge in [0.15, 0.2) is 0 Å². The molecule has 1 fully saturated rings. The highest BCUT2D eigenvalue weighted by Gasteiger charge is 2.45. The van der Waals surface area contributed by atoms with Gasteiger partial charge in [-0.25, -0.2) is 4.79 Å². The fraction of sp³-hybridized carbons (Fsp3) is 0.438. The van der Waals surface area contributed by atoms with Gasteiger partial charge in [-0.2, -0.15) is 0 Å². The second kappa shape index (κ2) is 4.69. The van der Waals surface area contributed by atoms with Crippen LogP contribution in [0.3, 0.4) is 0 Å². The number of rotatable bonds is 3. The van der Waals surface area contributed by atoms with Crippen LogP contribution in [-0.4, -0.2) is 22.8 Å². The van der Waals surface area contributed by atoms with Crippen LogP contribution >= 0.6 is 0 Å². The molecule has 1 aromatic carbocycles. The molecule has 0 spiro atoms. The van der Waals surface area contributed by atoms with Crippen LogP contribution in [0.1, 0.15) is 53.8 Å². The Labute approximate surface area is 122 Å². The summed E-state index contributed by atoms with van der Waals surface area (Å²) >= 11 is 0. The summed E-state index contributed by atoms with van der Waals surface area (Å²) in [5.41, 5.74) is -0.137. The molecule has 0 atom stereocenters. The lowest BCUT2D eigenvalue weighted by atomic mass is 9.67. The Balaban J connectivity index is 1.79. The van der Waals surface area contributed by atoms with Crippen LogP contribution in [0.4, 0.5) is 0 Å². The van der Waals surface area contributed by atoms with Crippen molar-refractivity contribution in [2.24, 2.45) is 11.3 Å². The molecule has 3 rings (SSSR count). The van der Waals surface area contributed by atoms with Crippen molar-refractivity contribution in [2.75, 3.05) is 0 Å². The van der Waals surface area contributed by atoms with Crippen LogP contribution in [-0.2, 0) is 9.63 Å². The Kier molecular flexibility index (Phi) is 3.08. The minimum absolute atomic E-state index is 0.250. The van der Waals surface area contributed by atoms with E-state index in [0.29, 0.717) is 5.06 Å². The van der Waals surface area contributed by atoms with Gasteiger partial charge >= 0.3 is 5.97 Å². The summed E-state index contributed by atoms with van der Waals surface area (Å²) < 4.78 is 0. The summed E-state index contributed by atoms with van der Waals surface area (Å²) in [7, 11) is 0. The van der Waals surface area contributed by atoms with Crippen molar-refractivity contribution in [3.63, 3.8) is 0 Å². The van der Waals surface area contributed by atoms with E-state index in [1.807, 2.05) is 0 Å². The quantitative estimate of drug-likeness (QED) is 0.801. The van der Waals surface area contributed by atoms with Crippen LogP contribution in [0.5, 0.6) is 0 Å². The maximum absolute atomic E-state index is 12.3. The monoisotopic (exact) mass is 287 g/mol. The van der Waals surface area contributed by atoms with Gasteiger partial charge in [0.1, 0.15) is 0 Å². The summed E-state index contributed by atoms with van der Waals surface area (Å²) in [4.78, 5) is 41.8. The lowest BCUT2D eigenvalue weighted by molar-refractivity contribution is -0.184. The highest BCUT2D eigenvalue weighted by atomic mass is 16.7. The van der Waals surface area contributed by atoms with E-state index in [2.05, 4.69) is 0 Å². The average Bonchev–Trinajstić information content (AvgIpc) is 2.62. The van der Waals surface area contributed by atoms with Crippen molar-refractivity contribution in [3.05, 3.63) is 35.4 Å². The van der Waals surface area contributed by atoms with Gasteiger partial charge in [-0.1, -0.05) is 23.6 Å². The molecular formula is C16H17NO4. The van der Waals surface area contributed by atoms with Crippen molar-refractivity contribution < 1.29 is 19.2 Å². The number of carbonyl (C=O) groups excluding carboxylic acids is 3. The maximum Gasteiger partial charge on any atom is 0.339 e. The highest BCUT2D eigenvalue weighted by Crippen LogP contribution is 2.42. The van der Waals surface area contributed by atoms with Gasteiger partial charge in [0, 0.05) is 0 Å². The van der Waals surface area contributed by atoms with Crippen molar-refractivity contribution in [3.8, 4) is 0 Å². The van der Waals surface area contributed by atoms with Gasteiger partial charge in [-0.15, -0.1) is 0 Å². The molecule has 1 saturated carbocycles. The third-order valence-corrected chi connectivity index (χ3v) is 4.58. The number of carbonyl (C=O) groups is 3. The van der Waals surface area contributed by atoms with Gasteiger partial charge in [0.2, 0.25) is 0 Å². The molecule has 21 heavy (non-hydrogen) atoms. The van der Waals surface area contributed by atoms with Crippen LogP contribution in [0.2, 0.25) is 0 Å². The van der Waals surface area contributed by atoms with Gasteiger partial charge < -0.3 is 4.84 Å². The van der Waals surface area contributed by atoms with Crippen LogP contribution in [0.15, 0.2) is 24.3 Å². The molecule has 1 aliphatic heterocycles. The molecule has 110 valence electrons. The van der Waals surface area contributed by atoms with E-state index in [1.165, 1.54) is 0 Å². The van der Waals surface area contributed by atoms with Crippen LogP contribution < -0.4 is 0 Å². The third kappa shape index (κ3) is 2.04. The molecule has 2 amide bonds. The first-order valence-electron chi connectivity index (χ1n) is 7.13. The topological polar surface area (TPSA) is 63.7 Å². The van der Waals surface area contributed by atoms with Gasteiger partial charge in [0.05, 0.1) is 16.5 Å². The molecule has 1 aromatic rings. The number of fused-ring (bicyclic) bond motifs is 1. The van der Waals surface area contributed by atoms with E-state index >= 15 is 0 Å². The standard InChI is InChI=1S/C16H17NO4/c1-16(2,10-6-5-7-10)15(20)21-17-13(18)11-8-3-4-9-12(11)14(17)19/h3-4,8-10H,5-7H2,1-2H3. The summed E-state index contributed by atoms with van der Waals surface area (Å²) in [6, 6.07) is 6.46. The van der Waals surface area contributed by atoms with Crippen molar-refractivity contribution in [2.45, 2.75) is 33.1 Å². The van der Waals surface area contributed by atoms with Gasteiger partial charge in [-0.05, 0) is 44.7 Å². The molecule has 1 aliphatic carbocycles. The zero-order valence-electron chi connectivity index (χ0n) is 12.1. The lowest BCUT2D eigenvalue weighted by Crippen LogP contribution is -2.43. The molecule has 0 aromatic heterocycles. The largest absolute Gasteiger partial charge is 0.339 e. The van der Waals surface area contributed by atoms with E-state index in [0.717, 1.165) is 19.3 Å². The molecular weight excluding hydrogens is 270 g/mol. The number of amides is 2. The molecule has 2 aliphatic rings. The Morgan fingerprint density at radius 2 is 1.67 bits per heavy atom. The Morgan fingerprint density at radius 1 is 1.14 bits per heavy atom. The Bertz CT molecular complexity index is 596. The minimum atomic E-state index is -0.687. The average molecular weight is 287 g/mol. The normalized spacial score (nSPS) is 18.5. The number of imide groups is 1. The smallest absolute Gasteiger partial charge is 0.329 e. The summed E-state index contributed by atoms with van der Waals surface area (Å²) in [5, 5.41) is 0.591. The SMILES string of the molecule is CC(C)(C(=O)ON1C(=O)c2ccccc2C1=O)C1CCC1. The summed E-state index contributed by atoms with van der Waals surface area (Å²) in [6.07, 6.45) is 3.06. The fourth-order valence-electron chi connectivity index (χ4n) is 2.75. The van der Waals surface area contributed by atoms with E-state index in [-0.39, 0.29) is 17.0 Å². The van der Waals surface area contributed by atoms with Crippen molar-refractivity contribution >= 4 is 17.8 Å². The fourth-order valence-corrected chi connectivity index (χ4v) is 2.75. The molecule has 0 radical (unpaired) electrons. The third-order valence-electron chi connectivity index (χ3n) is 4.58. The number of benzene rings is 1. The molecule has 5 heteroatoms. The highest BCUT2D eigenvalue weighted by molar-refractivity contribution is 6.20. The first kappa shape index (κ1) is 13.8. The van der Waals surface area contributed by atoms with Crippen LogP contribution in [0.25, 0.3) is 0 Å². The minimum Gasteiger partial charge on any atom is -0.329 e. The van der Waals surface area contributed by atoms with Crippen molar-refractivity contribution in [1.82, 2.24) is 5.06 Å². The Morgan fingerprint density at radius 3 is 2.10 bits per heavy atom. The maximum atomic E-state index is 12.3. The zero-order chi connectivity index (χ0) is 15.2. The lowest BCUT2D eigenvalue weighted by Gasteiger charge is -2.38. The van der Waals surface area contributed by atoms with E-state index in [4.69, 9.17) is 4.84 Å². The zero-order valence-corrected chi connectivity index (χ0v) is 12.1. The molecule has 0 N–H and O–H groups in total. The number of hydrogen-bond acceptors (Lipinski definition) is 4. The molecule has 0 saturated heterocycles. The second-order valence-corrected chi connectivity index (χ2v) is 6.18. The molecule has 0 bridgehead atoms. The number of hydrogen-bond donors (Lipinski definition) is 0. The van der Waals surface area contributed by atoms with E-state index < -0.39 is 23.2 Å². The Hall–Kier alpha value is -2.17. The van der Waals surface area contributed by atoms with Crippen molar-refractivity contribution in [1.29, 1.82) is 0 Å². The number of hydroxylamine groups is 2. The van der Waals surface area contributed by atoms with E-state index in [1.54, 1.807) is 38.1 Å². The van der Waals surface area contributed by atoms with Gasteiger partial charge in [0.25, 0.3) is 11.8 Å². The molecule has 5 nitrogen and oxygen atoms in total. The second-order valence-electron chi connectivity index (χ2n) is 6.18. The first-order valence-corrected chi connectivity index (χ1v) is 7.13. The van der Waals surface area contributed by atoms with E-state index in [9.17, 15) is 14.4 Å². The summed E-state index contributed by atoms with van der Waals surface area (Å²) in [6.45, 7) is 3.61. The van der Waals surface area contributed by atoms with Gasteiger partial charge in [-0.3, -0.25) is 9.59 Å². The molecule has 0 unspecified atom stereocenters. The predicted octanol–water partition coefficient (Wildman–Crippen LogP) is 2.57. The number of nitrogens with zero attached hydrogens (tertiary/aromatic N) is 1.